The summed E-state index contributed by atoms with van der Waals surface area (Å²) in [5.41, 5.74) is 1.35. The molecule has 0 unspecified atom stereocenters. The highest BCUT2D eigenvalue weighted by Crippen LogP contribution is 2.20. The average Bonchev–Trinajstić information content (AvgIpc) is 2.55. The number of aromatic nitrogens is 1. The number of carbonyl (C=O) groups excluding carboxylic acids is 1. The van der Waals surface area contributed by atoms with Crippen LogP contribution in [0.2, 0.25) is 0 Å². The van der Waals surface area contributed by atoms with E-state index in [9.17, 15) is 9.90 Å². The van der Waals surface area contributed by atoms with Gasteiger partial charge in [-0.25, -0.2) is 4.98 Å². The van der Waals surface area contributed by atoms with Gasteiger partial charge in [0.25, 0.3) is 5.91 Å². The Kier molecular flexibility index (Phi) is 5.57. The summed E-state index contributed by atoms with van der Waals surface area (Å²) in [6.45, 7) is 3.05. The van der Waals surface area contributed by atoms with Crippen molar-refractivity contribution < 1.29 is 9.90 Å². The summed E-state index contributed by atoms with van der Waals surface area (Å²) in [6, 6.07) is 10.6. The van der Waals surface area contributed by atoms with Crippen molar-refractivity contribution >= 4 is 11.7 Å². The maximum atomic E-state index is 12.8. The molecule has 0 atom stereocenters. The molecule has 0 fully saturated rings. The normalized spacial score (nSPS) is 10.4. The first-order chi connectivity index (χ1) is 11.0. The number of anilines is 1. The van der Waals surface area contributed by atoms with Crippen LogP contribution in [0.4, 0.5) is 5.82 Å². The lowest BCUT2D eigenvalue weighted by Gasteiger charge is -2.23. The van der Waals surface area contributed by atoms with Gasteiger partial charge in [0.15, 0.2) is 0 Å². The number of para-hydroxylation sites is 1. The van der Waals surface area contributed by atoms with Crippen LogP contribution >= 0.6 is 0 Å². The van der Waals surface area contributed by atoms with Gasteiger partial charge < -0.3 is 14.9 Å². The van der Waals surface area contributed by atoms with Crippen LogP contribution in [0.25, 0.3) is 0 Å². The SMILES string of the molecule is CCCN(Cc1ccccc1O)C(=O)c1ccnc(N(C)C)c1. The lowest BCUT2D eigenvalue weighted by atomic mass is 10.1. The third-order valence-corrected chi connectivity index (χ3v) is 3.58. The van der Waals surface area contributed by atoms with E-state index in [2.05, 4.69) is 4.98 Å². The van der Waals surface area contributed by atoms with E-state index in [1.807, 2.05) is 38.1 Å². The molecule has 0 bridgehead atoms. The van der Waals surface area contributed by atoms with Crippen LogP contribution in [0.3, 0.4) is 0 Å². The molecule has 0 radical (unpaired) electrons. The van der Waals surface area contributed by atoms with Gasteiger partial charge in [-0.1, -0.05) is 25.1 Å². The first-order valence-corrected chi connectivity index (χ1v) is 7.72. The van der Waals surface area contributed by atoms with E-state index in [4.69, 9.17) is 0 Å². The summed E-state index contributed by atoms with van der Waals surface area (Å²) in [4.78, 5) is 20.7. The van der Waals surface area contributed by atoms with Crippen molar-refractivity contribution in [1.82, 2.24) is 9.88 Å². The lowest BCUT2D eigenvalue weighted by molar-refractivity contribution is 0.0742. The number of aromatic hydroxyl groups is 1. The van der Waals surface area contributed by atoms with Gasteiger partial charge in [-0.05, 0) is 24.6 Å². The second-order valence-corrected chi connectivity index (χ2v) is 5.65. The van der Waals surface area contributed by atoms with Gasteiger partial charge in [0.2, 0.25) is 0 Å². The second kappa shape index (κ2) is 7.63. The molecule has 1 heterocycles. The monoisotopic (exact) mass is 313 g/mol. The van der Waals surface area contributed by atoms with Crippen LogP contribution < -0.4 is 4.90 Å². The highest BCUT2D eigenvalue weighted by atomic mass is 16.3. The minimum atomic E-state index is -0.0550. The van der Waals surface area contributed by atoms with Crippen LogP contribution in [0.5, 0.6) is 5.75 Å². The van der Waals surface area contributed by atoms with Crippen LogP contribution in [0.15, 0.2) is 42.6 Å². The number of nitrogens with zero attached hydrogens (tertiary/aromatic N) is 3. The molecule has 1 N–H and O–H groups in total. The highest BCUT2D eigenvalue weighted by molar-refractivity contribution is 5.94. The van der Waals surface area contributed by atoms with Crippen molar-refractivity contribution in [3.63, 3.8) is 0 Å². The van der Waals surface area contributed by atoms with Gasteiger partial charge in [0.05, 0.1) is 0 Å². The molecular formula is C18H23N3O2. The molecule has 0 aliphatic heterocycles. The molecule has 2 rings (SSSR count). The van der Waals surface area contributed by atoms with Crippen molar-refractivity contribution in [3.05, 3.63) is 53.7 Å². The molecular weight excluding hydrogens is 290 g/mol. The average molecular weight is 313 g/mol. The van der Waals surface area contributed by atoms with Gasteiger partial charge in [-0.2, -0.15) is 0 Å². The number of amides is 1. The fourth-order valence-electron chi connectivity index (χ4n) is 2.35. The molecule has 0 spiro atoms. The number of phenolic OH excluding ortho intramolecular Hbond substituents is 1. The largest absolute Gasteiger partial charge is 0.508 e. The molecule has 0 saturated heterocycles. The van der Waals surface area contributed by atoms with Crippen LogP contribution in [-0.4, -0.2) is 41.5 Å². The number of benzene rings is 1. The Balaban J connectivity index is 2.25. The van der Waals surface area contributed by atoms with Crippen molar-refractivity contribution in [2.75, 3.05) is 25.5 Å². The van der Waals surface area contributed by atoms with E-state index in [0.29, 0.717) is 18.7 Å². The van der Waals surface area contributed by atoms with E-state index in [1.165, 1.54) is 0 Å². The van der Waals surface area contributed by atoms with E-state index in [-0.39, 0.29) is 11.7 Å². The molecule has 2 aromatic rings. The number of carbonyl (C=O) groups is 1. The topological polar surface area (TPSA) is 56.7 Å². The molecule has 0 saturated carbocycles. The van der Waals surface area contributed by atoms with Gasteiger partial charge in [0, 0.05) is 44.5 Å². The zero-order valence-corrected chi connectivity index (χ0v) is 13.9. The zero-order valence-electron chi connectivity index (χ0n) is 13.9. The Morgan fingerprint density at radius 1 is 1.22 bits per heavy atom. The van der Waals surface area contributed by atoms with Crippen molar-refractivity contribution in [2.45, 2.75) is 19.9 Å². The standard InChI is InChI=1S/C18H23N3O2/c1-4-11-21(13-15-7-5-6-8-16(15)22)18(23)14-9-10-19-17(12-14)20(2)3/h5-10,12,22H,4,11,13H2,1-3H3. The smallest absolute Gasteiger partial charge is 0.254 e. The number of pyridine rings is 1. The molecule has 0 aliphatic carbocycles. The third-order valence-electron chi connectivity index (χ3n) is 3.58. The predicted octanol–water partition coefficient (Wildman–Crippen LogP) is 2.91. The van der Waals surface area contributed by atoms with Gasteiger partial charge in [-0.3, -0.25) is 4.79 Å². The Bertz CT molecular complexity index is 671. The Morgan fingerprint density at radius 3 is 2.61 bits per heavy atom. The molecule has 122 valence electrons. The Hall–Kier alpha value is -2.56. The predicted molar refractivity (Wildman–Crippen MR) is 91.7 cm³/mol. The van der Waals surface area contributed by atoms with Crippen LogP contribution in [-0.2, 0) is 6.54 Å². The van der Waals surface area contributed by atoms with Gasteiger partial charge in [-0.15, -0.1) is 0 Å². The molecule has 5 heteroatoms. The quantitative estimate of drug-likeness (QED) is 0.891. The summed E-state index contributed by atoms with van der Waals surface area (Å²) in [7, 11) is 3.78. The summed E-state index contributed by atoms with van der Waals surface area (Å²) in [5.74, 6) is 0.903. The first kappa shape index (κ1) is 16.8. The minimum absolute atomic E-state index is 0.0550. The molecule has 23 heavy (non-hydrogen) atoms. The molecule has 1 aromatic carbocycles. The first-order valence-electron chi connectivity index (χ1n) is 7.72. The van der Waals surface area contributed by atoms with Gasteiger partial charge in [0.1, 0.15) is 11.6 Å². The molecule has 1 amide bonds. The van der Waals surface area contributed by atoms with E-state index < -0.39 is 0 Å². The zero-order chi connectivity index (χ0) is 16.8. The summed E-state index contributed by atoms with van der Waals surface area (Å²) in [5, 5.41) is 9.94. The Morgan fingerprint density at radius 2 is 1.96 bits per heavy atom. The Labute approximate surface area is 137 Å². The highest BCUT2D eigenvalue weighted by Gasteiger charge is 2.17. The fraction of sp³-hybridized carbons (Fsp3) is 0.333. The maximum absolute atomic E-state index is 12.8. The minimum Gasteiger partial charge on any atom is -0.508 e. The lowest BCUT2D eigenvalue weighted by Crippen LogP contribution is -2.31. The van der Waals surface area contributed by atoms with Gasteiger partial charge >= 0.3 is 0 Å². The van der Waals surface area contributed by atoms with Crippen LogP contribution in [0.1, 0.15) is 29.3 Å². The van der Waals surface area contributed by atoms with Crippen molar-refractivity contribution in [3.8, 4) is 5.75 Å². The number of hydrogen-bond donors (Lipinski definition) is 1. The number of rotatable bonds is 6. The number of hydrogen-bond acceptors (Lipinski definition) is 4. The maximum Gasteiger partial charge on any atom is 0.254 e. The molecule has 1 aromatic heterocycles. The van der Waals surface area contributed by atoms with E-state index in [1.54, 1.807) is 35.4 Å². The molecule has 5 nitrogen and oxygen atoms in total. The number of phenols is 1. The third kappa shape index (κ3) is 4.22. The van der Waals surface area contributed by atoms with Crippen LogP contribution in [0, 0.1) is 0 Å². The fourth-order valence-corrected chi connectivity index (χ4v) is 2.35. The molecule has 0 aliphatic rings. The van der Waals surface area contributed by atoms with E-state index >= 15 is 0 Å². The van der Waals surface area contributed by atoms with Crippen molar-refractivity contribution in [2.24, 2.45) is 0 Å². The van der Waals surface area contributed by atoms with Crippen molar-refractivity contribution in [1.29, 1.82) is 0 Å². The van der Waals surface area contributed by atoms with E-state index in [0.717, 1.165) is 17.8 Å². The summed E-state index contributed by atoms with van der Waals surface area (Å²) in [6.07, 6.45) is 2.50. The second-order valence-electron chi connectivity index (χ2n) is 5.65. The summed E-state index contributed by atoms with van der Waals surface area (Å²) >= 11 is 0. The summed E-state index contributed by atoms with van der Waals surface area (Å²) < 4.78 is 0.